The van der Waals surface area contributed by atoms with E-state index >= 15 is 0 Å². The van der Waals surface area contributed by atoms with Gasteiger partial charge in [-0.2, -0.15) is 0 Å². The lowest BCUT2D eigenvalue weighted by Crippen LogP contribution is -2.54. The normalized spacial score (nSPS) is 13.2. The van der Waals surface area contributed by atoms with Crippen molar-refractivity contribution in [2.75, 3.05) is 11.9 Å². The molecule has 0 heterocycles. The first-order chi connectivity index (χ1) is 16.7. The highest BCUT2D eigenvalue weighted by atomic mass is 16.4. The molecule has 0 aliphatic rings. The van der Waals surface area contributed by atoms with Crippen molar-refractivity contribution >= 4 is 29.4 Å². The van der Waals surface area contributed by atoms with Gasteiger partial charge < -0.3 is 26.8 Å². The predicted octanol–water partition coefficient (Wildman–Crippen LogP) is 2.32. The zero-order valence-electron chi connectivity index (χ0n) is 20.1. The van der Waals surface area contributed by atoms with Crippen LogP contribution in [-0.2, 0) is 20.8 Å². The number of hydrogen-bond donors (Lipinski definition) is 5. The molecule has 0 aromatic heterocycles. The molecule has 3 atom stereocenters. The summed E-state index contributed by atoms with van der Waals surface area (Å²) in [6.45, 7) is 4.29. The fraction of sp³-hybridized carbons (Fsp3) is 0.385. The number of carboxylic acids is 1. The Morgan fingerprint density at radius 3 is 2.26 bits per heavy atom. The minimum Gasteiger partial charge on any atom is -0.480 e. The van der Waals surface area contributed by atoms with Gasteiger partial charge in [0, 0.05) is 18.7 Å². The number of carbonyl (C=O) groups is 4. The number of carbonyl (C=O) groups excluding carboxylic acids is 3. The molecule has 0 aliphatic carbocycles. The van der Waals surface area contributed by atoms with Crippen LogP contribution in [0.1, 0.15) is 49.0 Å². The molecule has 0 spiro atoms. The number of nitrogens with two attached hydrogens (primary N) is 1. The summed E-state index contributed by atoms with van der Waals surface area (Å²) in [7, 11) is 0. The minimum atomic E-state index is -1.29. The zero-order chi connectivity index (χ0) is 25.8. The summed E-state index contributed by atoms with van der Waals surface area (Å²) in [5.41, 5.74) is 7.29. The van der Waals surface area contributed by atoms with Gasteiger partial charge in [-0.3, -0.25) is 14.4 Å². The average molecular weight is 483 g/mol. The number of carboxylic acid groups (broad SMARTS) is 1. The summed E-state index contributed by atoms with van der Waals surface area (Å²) in [5.74, 6) is -3.27. The Labute approximate surface area is 205 Å². The molecule has 1 unspecified atom stereocenters. The summed E-state index contributed by atoms with van der Waals surface area (Å²) in [6, 6.07) is 14.7. The van der Waals surface area contributed by atoms with E-state index in [0.717, 1.165) is 6.42 Å². The van der Waals surface area contributed by atoms with Crippen molar-refractivity contribution in [2.24, 2.45) is 11.7 Å². The average Bonchev–Trinajstić information content (AvgIpc) is 2.85. The number of primary amides is 1. The van der Waals surface area contributed by atoms with Crippen LogP contribution >= 0.6 is 0 Å². The Morgan fingerprint density at radius 1 is 0.971 bits per heavy atom. The fourth-order valence-corrected chi connectivity index (χ4v) is 3.55. The van der Waals surface area contributed by atoms with Crippen LogP contribution in [0.25, 0.3) is 0 Å². The first kappa shape index (κ1) is 27.4. The Kier molecular flexibility index (Phi) is 10.7. The first-order valence-corrected chi connectivity index (χ1v) is 11.7. The molecule has 2 aromatic carbocycles. The second-order valence-electron chi connectivity index (χ2n) is 8.45. The van der Waals surface area contributed by atoms with E-state index in [4.69, 9.17) is 5.73 Å². The number of rotatable bonds is 14. The molecular weight excluding hydrogens is 448 g/mol. The molecule has 9 heteroatoms. The first-order valence-electron chi connectivity index (χ1n) is 11.7. The third-order valence-electron chi connectivity index (χ3n) is 5.82. The molecule has 0 saturated carbocycles. The molecule has 0 radical (unpaired) electrons. The Bertz CT molecular complexity index is 1010. The van der Waals surface area contributed by atoms with Gasteiger partial charge in [0.2, 0.25) is 11.8 Å². The van der Waals surface area contributed by atoms with Crippen LogP contribution in [0.5, 0.6) is 0 Å². The zero-order valence-corrected chi connectivity index (χ0v) is 20.1. The lowest BCUT2D eigenvalue weighted by Gasteiger charge is -2.26. The van der Waals surface area contributed by atoms with Crippen LogP contribution in [0.3, 0.4) is 0 Å². The Morgan fingerprint density at radius 2 is 1.63 bits per heavy atom. The van der Waals surface area contributed by atoms with E-state index in [9.17, 15) is 24.3 Å². The fourth-order valence-electron chi connectivity index (χ4n) is 3.55. The van der Waals surface area contributed by atoms with Crippen LogP contribution in [0.4, 0.5) is 5.69 Å². The molecular formula is C26H34N4O5. The van der Waals surface area contributed by atoms with Crippen molar-refractivity contribution < 1.29 is 24.3 Å². The highest BCUT2D eigenvalue weighted by Crippen LogP contribution is 2.17. The lowest BCUT2D eigenvalue weighted by atomic mass is 9.97. The maximum atomic E-state index is 13.2. The third kappa shape index (κ3) is 8.77. The van der Waals surface area contributed by atoms with E-state index in [1.165, 1.54) is 5.56 Å². The molecule has 0 saturated heterocycles. The van der Waals surface area contributed by atoms with Gasteiger partial charge in [-0.1, -0.05) is 62.7 Å². The maximum absolute atomic E-state index is 13.2. The van der Waals surface area contributed by atoms with Gasteiger partial charge in [0.1, 0.15) is 12.1 Å². The van der Waals surface area contributed by atoms with E-state index in [1.807, 2.05) is 43.3 Å². The van der Waals surface area contributed by atoms with Crippen LogP contribution in [-0.4, -0.2) is 47.4 Å². The molecule has 35 heavy (non-hydrogen) atoms. The van der Waals surface area contributed by atoms with Crippen LogP contribution < -0.4 is 21.7 Å². The van der Waals surface area contributed by atoms with E-state index in [2.05, 4.69) is 16.0 Å². The molecule has 3 amide bonds. The van der Waals surface area contributed by atoms with E-state index in [-0.39, 0.29) is 18.8 Å². The summed E-state index contributed by atoms with van der Waals surface area (Å²) in [4.78, 5) is 48.7. The molecule has 188 valence electrons. The molecule has 0 fully saturated rings. The van der Waals surface area contributed by atoms with Crippen molar-refractivity contribution in [1.82, 2.24) is 10.6 Å². The van der Waals surface area contributed by atoms with Gasteiger partial charge in [-0.25, -0.2) is 4.79 Å². The Balaban J connectivity index is 2.10. The highest BCUT2D eigenvalue weighted by Gasteiger charge is 2.30. The van der Waals surface area contributed by atoms with Crippen LogP contribution in [0, 0.1) is 5.92 Å². The summed E-state index contributed by atoms with van der Waals surface area (Å²) < 4.78 is 0. The van der Waals surface area contributed by atoms with Crippen molar-refractivity contribution in [3.05, 3.63) is 65.7 Å². The van der Waals surface area contributed by atoms with Crippen LogP contribution in [0.15, 0.2) is 54.6 Å². The van der Waals surface area contributed by atoms with Gasteiger partial charge >= 0.3 is 5.97 Å². The molecule has 2 rings (SSSR count). The number of aliphatic carboxylic acids is 1. The summed E-state index contributed by atoms with van der Waals surface area (Å²) >= 11 is 0. The van der Waals surface area contributed by atoms with Crippen molar-refractivity contribution in [3.63, 3.8) is 0 Å². The van der Waals surface area contributed by atoms with Crippen LogP contribution in [0.2, 0.25) is 0 Å². The smallest absolute Gasteiger partial charge is 0.326 e. The minimum absolute atomic E-state index is 0.133. The quantitative estimate of drug-likeness (QED) is 0.279. The second-order valence-corrected chi connectivity index (χ2v) is 8.45. The molecule has 9 nitrogen and oxygen atoms in total. The topological polar surface area (TPSA) is 151 Å². The molecule has 0 aliphatic heterocycles. The number of hydrogen-bond acceptors (Lipinski definition) is 5. The molecule has 2 aromatic rings. The third-order valence-corrected chi connectivity index (χ3v) is 5.82. The number of benzene rings is 2. The van der Waals surface area contributed by atoms with Crippen molar-refractivity contribution in [3.8, 4) is 0 Å². The highest BCUT2D eigenvalue weighted by molar-refractivity contribution is 6.02. The summed E-state index contributed by atoms with van der Waals surface area (Å²) in [5, 5.41) is 17.9. The number of anilines is 1. The lowest BCUT2D eigenvalue weighted by molar-refractivity contribution is -0.142. The Hall–Kier alpha value is -3.88. The second kappa shape index (κ2) is 13.7. The van der Waals surface area contributed by atoms with E-state index < -0.39 is 35.8 Å². The van der Waals surface area contributed by atoms with E-state index in [1.54, 1.807) is 25.1 Å². The van der Waals surface area contributed by atoms with E-state index in [0.29, 0.717) is 24.2 Å². The largest absolute Gasteiger partial charge is 0.480 e. The standard InChI is InChI=1S/C26H34N4O5/c1-3-17(2)23(25(33)29-21(26(34)35)13-14-22(27)31)30-24(32)19-11-7-8-12-20(19)28-16-15-18-9-5-4-6-10-18/h4-12,17,21,23,28H,3,13-16H2,1-2H3,(H2,27,31)(H,29,33)(H,30,32)(H,34,35)/t17?,21-,23-/m0/s1. The van der Waals surface area contributed by atoms with Gasteiger partial charge in [0.15, 0.2) is 0 Å². The molecule has 6 N–H and O–H groups in total. The van der Waals surface area contributed by atoms with Gasteiger partial charge in [-0.05, 0) is 36.5 Å². The van der Waals surface area contributed by atoms with Gasteiger partial charge in [0.05, 0.1) is 5.56 Å². The van der Waals surface area contributed by atoms with Gasteiger partial charge in [-0.15, -0.1) is 0 Å². The number of amides is 3. The number of para-hydroxylation sites is 1. The number of nitrogens with one attached hydrogen (secondary N) is 3. The molecule has 0 bridgehead atoms. The predicted molar refractivity (Wildman–Crippen MR) is 134 cm³/mol. The van der Waals surface area contributed by atoms with Gasteiger partial charge in [0.25, 0.3) is 5.91 Å². The maximum Gasteiger partial charge on any atom is 0.326 e. The van der Waals surface area contributed by atoms with Crippen molar-refractivity contribution in [2.45, 2.75) is 51.6 Å². The van der Waals surface area contributed by atoms with Crippen molar-refractivity contribution in [1.29, 1.82) is 0 Å². The monoisotopic (exact) mass is 482 g/mol. The SMILES string of the molecule is CCC(C)[C@H](NC(=O)c1ccccc1NCCc1ccccc1)C(=O)N[C@@H](CCC(N)=O)C(=O)O. The summed E-state index contributed by atoms with van der Waals surface area (Å²) in [6.07, 6.45) is 1.04.